The Morgan fingerprint density at radius 1 is 1.13 bits per heavy atom. The van der Waals surface area contributed by atoms with Gasteiger partial charge in [0.15, 0.2) is 17.1 Å². The molecule has 9 heteroatoms. The van der Waals surface area contributed by atoms with Gasteiger partial charge < -0.3 is 19.9 Å². The lowest BCUT2D eigenvalue weighted by molar-refractivity contribution is -0.141. The van der Waals surface area contributed by atoms with Crippen LogP contribution in [-0.4, -0.2) is 44.7 Å². The van der Waals surface area contributed by atoms with Crippen molar-refractivity contribution in [1.29, 1.82) is 0 Å². The zero-order valence-corrected chi connectivity index (χ0v) is 16.0. The topological polar surface area (TPSA) is 115 Å². The van der Waals surface area contributed by atoms with Gasteiger partial charge in [0.2, 0.25) is 0 Å². The number of hydrogen-bond acceptors (Lipinski definition) is 7. The predicted octanol–water partition coefficient (Wildman–Crippen LogP) is 2.67. The van der Waals surface area contributed by atoms with Crippen molar-refractivity contribution in [3.63, 3.8) is 0 Å². The van der Waals surface area contributed by atoms with Crippen molar-refractivity contribution in [3.8, 4) is 17.2 Å². The van der Waals surface area contributed by atoms with Crippen LogP contribution in [0.1, 0.15) is 17.4 Å². The molecule has 2 heterocycles. The highest BCUT2D eigenvalue weighted by atomic mass is 16.5. The van der Waals surface area contributed by atoms with Crippen LogP contribution in [0.25, 0.3) is 16.4 Å². The zero-order chi connectivity index (χ0) is 21.1. The number of pyridine rings is 1. The largest absolute Gasteiger partial charge is 0.505 e. The number of fused-ring (bicyclic) bond motifs is 3. The van der Waals surface area contributed by atoms with E-state index in [4.69, 9.17) is 9.47 Å². The van der Waals surface area contributed by atoms with Gasteiger partial charge in [0.05, 0.1) is 12.0 Å². The maximum atomic E-state index is 12.7. The first-order chi connectivity index (χ1) is 14.6. The standard InChI is InChI=1S/C21H18N4O5/c1-2-29-16(26)11-22-21(28)18-19(27)14-9-6-10-15(30-13-7-4-3-5-8-13)17(14)20-23-12-24-25(18)20/h3-10,12,27H,2,11H2,1H3,(H,22,28). The quantitative estimate of drug-likeness (QED) is 0.473. The van der Waals surface area contributed by atoms with E-state index in [1.54, 1.807) is 37.3 Å². The van der Waals surface area contributed by atoms with Gasteiger partial charge in [0, 0.05) is 5.39 Å². The minimum Gasteiger partial charge on any atom is -0.505 e. The van der Waals surface area contributed by atoms with Crippen LogP contribution in [0, 0.1) is 0 Å². The number of para-hydroxylation sites is 1. The molecule has 0 unspecified atom stereocenters. The summed E-state index contributed by atoms with van der Waals surface area (Å²) in [6.45, 7) is 1.54. The molecular formula is C21H18N4O5. The van der Waals surface area contributed by atoms with Gasteiger partial charge in [0.25, 0.3) is 5.91 Å². The van der Waals surface area contributed by atoms with E-state index < -0.39 is 11.9 Å². The van der Waals surface area contributed by atoms with Crippen molar-refractivity contribution >= 4 is 28.3 Å². The number of carbonyl (C=O) groups is 2. The molecule has 2 aromatic heterocycles. The van der Waals surface area contributed by atoms with Crippen LogP contribution in [0.3, 0.4) is 0 Å². The first kappa shape index (κ1) is 19.2. The Morgan fingerprint density at radius 2 is 1.93 bits per heavy atom. The molecule has 1 amide bonds. The maximum absolute atomic E-state index is 12.7. The van der Waals surface area contributed by atoms with Crippen molar-refractivity contribution in [2.45, 2.75) is 6.92 Å². The van der Waals surface area contributed by atoms with E-state index in [2.05, 4.69) is 15.4 Å². The number of rotatable bonds is 6. The number of benzene rings is 2. The molecule has 0 aliphatic rings. The lowest BCUT2D eigenvalue weighted by atomic mass is 10.1. The summed E-state index contributed by atoms with van der Waals surface area (Å²) in [5.74, 6) is -0.515. The number of carbonyl (C=O) groups excluding carboxylic acids is 2. The lowest BCUT2D eigenvalue weighted by Crippen LogP contribution is -2.32. The smallest absolute Gasteiger partial charge is 0.325 e. The average molecular weight is 406 g/mol. The van der Waals surface area contributed by atoms with Gasteiger partial charge in [-0.1, -0.05) is 30.3 Å². The van der Waals surface area contributed by atoms with E-state index in [9.17, 15) is 14.7 Å². The third-order valence-corrected chi connectivity index (χ3v) is 4.37. The second-order valence-corrected chi connectivity index (χ2v) is 6.27. The molecule has 0 bridgehead atoms. The average Bonchev–Trinajstić information content (AvgIpc) is 3.23. The summed E-state index contributed by atoms with van der Waals surface area (Å²) in [6, 6.07) is 14.3. The Labute approximate surface area is 170 Å². The molecule has 0 saturated heterocycles. The first-order valence-electron chi connectivity index (χ1n) is 9.24. The number of aromatic nitrogens is 3. The molecule has 4 rings (SSSR count). The van der Waals surface area contributed by atoms with E-state index in [-0.39, 0.29) is 24.6 Å². The molecule has 4 aromatic rings. The SMILES string of the molecule is CCOC(=O)CNC(=O)c1c(O)c2cccc(Oc3ccccc3)c2c2ncnn12. The fraction of sp³-hybridized carbons (Fsp3) is 0.143. The molecule has 9 nitrogen and oxygen atoms in total. The lowest BCUT2D eigenvalue weighted by Gasteiger charge is -2.14. The van der Waals surface area contributed by atoms with E-state index in [0.29, 0.717) is 27.9 Å². The van der Waals surface area contributed by atoms with Crippen molar-refractivity contribution in [2.24, 2.45) is 0 Å². The van der Waals surface area contributed by atoms with E-state index in [1.807, 2.05) is 18.2 Å². The highest BCUT2D eigenvalue weighted by molar-refractivity contribution is 6.09. The molecule has 0 saturated carbocycles. The molecule has 2 aromatic carbocycles. The van der Waals surface area contributed by atoms with Gasteiger partial charge in [-0.2, -0.15) is 5.10 Å². The number of ether oxygens (including phenoxy) is 2. The van der Waals surface area contributed by atoms with Gasteiger partial charge in [-0.15, -0.1) is 0 Å². The number of hydrogen-bond donors (Lipinski definition) is 2. The van der Waals surface area contributed by atoms with Crippen LogP contribution in [0.2, 0.25) is 0 Å². The zero-order valence-electron chi connectivity index (χ0n) is 16.0. The molecule has 30 heavy (non-hydrogen) atoms. The summed E-state index contributed by atoms with van der Waals surface area (Å²) in [4.78, 5) is 28.5. The Bertz CT molecular complexity index is 1240. The van der Waals surface area contributed by atoms with Crippen LogP contribution in [0.5, 0.6) is 17.2 Å². The summed E-state index contributed by atoms with van der Waals surface area (Å²) in [7, 11) is 0. The maximum Gasteiger partial charge on any atom is 0.325 e. The van der Waals surface area contributed by atoms with Gasteiger partial charge in [0.1, 0.15) is 24.4 Å². The molecule has 0 spiro atoms. The van der Waals surface area contributed by atoms with E-state index >= 15 is 0 Å². The molecule has 0 fully saturated rings. The minimum absolute atomic E-state index is 0.142. The van der Waals surface area contributed by atoms with Gasteiger partial charge >= 0.3 is 5.97 Å². The van der Waals surface area contributed by atoms with Gasteiger partial charge in [-0.05, 0) is 25.1 Å². The highest BCUT2D eigenvalue weighted by Crippen LogP contribution is 2.38. The number of esters is 1. The Balaban J connectivity index is 1.80. The molecule has 0 aliphatic carbocycles. The highest BCUT2D eigenvalue weighted by Gasteiger charge is 2.24. The fourth-order valence-electron chi connectivity index (χ4n) is 3.12. The molecule has 0 atom stereocenters. The number of nitrogens with one attached hydrogen (secondary N) is 1. The van der Waals surface area contributed by atoms with Crippen molar-refractivity contribution in [2.75, 3.05) is 13.2 Å². The summed E-state index contributed by atoms with van der Waals surface area (Å²) >= 11 is 0. The minimum atomic E-state index is -0.688. The Kier molecular flexibility index (Phi) is 5.17. The summed E-state index contributed by atoms with van der Waals surface area (Å²) in [5, 5.41) is 18.2. The summed E-state index contributed by atoms with van der Waals surface area (Å²) in [6.07, 6.45) is 1.27. The van der Waals surface area contributed by atoms with Crippen molar-refractivity contribution in [1.82, 2.24) is 19.9 Å². The Morgan fingerprint density at radius 3 is 2.70 bits per heavy atom. The molecule has 152 valence electrons. The fourth-order valence-corrected chi connectivity index (χ4v) is 3.12. The normalized spacial score (nSPS) is 10.8. The number of amides is 1. The third-order valence-electron chi connectivity index (χ3n) is 4.37. The van der Waals surface area contributed by atoms with Gasteiger partial charge in [-0.3, -0.25) is 9.59 Å². The first-order valence-corrected chi connectivity index (χ1v) is 9.24. The van der Waals surface area contributed by atoms with Crippen molar-refractivity contribution in [3.05, 3.63) is 60.6 Å². The van der Waals surface area contributed by atoms with Crippen LogP contribution < -0.4 is 10.1 Å². The van der Waals surface area contributed by atoms with Crippen LogP contribution in [0.15, 0.2) is 54.9 Å². The van der Waals surface area contributed by atoms with Crippen LogP contribution >= 0.6 is 0 Å². The molecular weight excluding hydrogens is 388 g/mol. The van der Waals surface area contributed by atoms with Crippen molar-refractivity contribution < 1.29 is 24.2 Å². The summed E-state index contributed by atoms with van der Waals surface area (Å²) < 4.78 is 12.0. The third kappa shape index (κ3) is 3.48. The predicted molar refractivity (Wildman–Crippen MR) is 108 cm³/mol. The Hall–Kier alpha value is -4.14. The van der Waals surface area contributed by atoms with Crippen LogP contribution in [0.4, 0.5) is 0 Å². The second kappa shape index (κ2) is 8.08. The molecule has 0 radical (unpaired) electrons. The molecule has 0 aliphatic heterocycles. The monoisotopic (exact) mass is 406 g/mol. The molecule has 2 N–H and O–H groups in total. The number of nitrogens with zero attached hydrogens (tertiary/aromatic N) is 3. The van der Waals surface area contributed by atoms with Gasteiger partial charge in [-0.25, -0.2) is 9.50 Å². The number of aromatic hydroxyl groups is 1. The van der Waals surface area contributed by atoms with E-state index in [0.717, 1.165) is 0 Å². The van der Waals surface area contributed by atoms with E-state index in [1.165, 1.54) is 10.8 Å². The second-order valence-electron chi connectivity index (χ2n) is 6.27. The summed E-state index contributed by atoms with van der Waals surface area (Å²) in [5.41, 5.74) is 0.187. The van der Waals surface area contributed by atoms with Crippen LogP contribution in [-0.2, 0) is 9.53 Å².